The van der Waals surface area contributed by atoms with E-state index in [0.717, 1.165) is 29.8 Å². The lowest BCUT2D eigenvalue weighted by Crippen LogP contribution is -2.61. The van der Waals surface area contributed by atoms with Crippen molar-refractivity contribution in [2.45, 2.75) is 107 Å². The summed E-state index contributed by atoms with van der Waals surface area (Å²) in [6, 6.07) is 8.90. The number of amides is 7. The Bertz CT molecular complexity index is 1980. The molecule has 16 heteroatoms. The Morgan fingerprint density at radius 1 is 0.864 bits per heavy atom. The fraction of sp³-hybridized carbons (Fsp3) is 0.558. The smallest absolute Gasteiger partial charge is 0.319 e. The Labute approximate surface area is 344 Å². The largest absolute Gasteiger partial charge is 0.394 e. The third kappa shape index (κ3) is 8.77. The van der Waals surface area contributed by atoms with Crippen molar-refractivity contribution in [3.63, 3.8) is 0 Å². The number of aliphatic hydroxyl groups is 1. The molecule has 4 aliphatic heterocycles. The fourth-order valence-corrected chi connectivity index (χ4v) is 9.43. The van der Waals surface area contributed by atoms with Crippen molar-refractivity contribution in [2.24, 2.45) is 5.92 Å². The molecule has 5 aliphatic rings. The number of anilines is 2. The maximum absolute atomic E-state index is 14.3. The first-order valence-corrected chi connectivity index (χ1v) is 20.9. The summed E-state index contributed by atoms with van der Waals surface area (Å²) in [7, 11) is 2.01. The number of benzene rings is 2. The van der Waals surface area contributed by atoms with Gasteiger partial charge in [-0.05, 0) is 87.1 Å². The summed E-state index contributed by atoms with van der Waals surface area (Å²) in [5.41, 5.74) is 2.78. The average molecular weight is 813 g/mol. The minimum absolute atomic E-state index is 0.0437. The second kappa shape index (κ2) is 17.4. The highest BCUT2D eigenvalue weighted by Gasteiger charge is 2.63. The Morgan fingerprint density at radius 2 is 1.59 bits per heavy atom. The van der Waals surface area contributed by atoms with Crippen molar-refractivity contribution >= 4 is 52.7 Å². The Morgan fingerprint density at radius 3 is 2.32 bits per heavy atom. The van der Waals surface area contributed by atoms with E-state index in [-0.39, 0.29) is 37.1 Å². The Kier molecular flexibility index (Phi) is 12.3. The molecule has 59 heavy (non-hydrogen) atoms. The first kappa shape index (κ1) is 41.6. The number of aliphatic hydroxyl groups excluding tert-OH is 1. The molecule has 16 nitrogen and oxygen atoms in total. The molecule has 7 rings (SSSR count). The van der Waals surface area contributed by atoms with Crippen LogP contribution in [0.25, 0.3) is 0 Å². The molecule has 7 amide bonds. The van der Waals surface area contributed by atoms with Crippen LogP contribution in [0.3, 0.4) is 0 Å². The molecule has 4 heterocycles. The molecule has 2 aromatic rings. The SMILES string of the molecule is C[C@H]1CN(C(=O)[C@H](C)NC(=O)[C@@H]2CCCCN2C(=O)[C@@H]2CCCN2C(=O)[C@H](CO)NC(=O)[C@H](Cc2ccccc2)NC(=O)Nc2ccc3c(c2)CCN3C)[C@@]2(CC2=O)C1. The van der Waals surface area contributed by atoms with E-state index in [1.165, 1.54) is 9.80 Å². The number of piperidine rings is 1. The number of fused-ring (bicyclic) bond motifs is 1. The molecule has 0 radical (unpaired) electrons. The van der Waals surface area contributed by atoms with Gasteiger partial charge in [-0.25, -0.2) is 4.79 Å². The quantitative estimate of drug-likeness (QED) is 0.210. The van der Waals surface area contributed by atoms with Gasteiger partial charge in [0.2, 0.25) is 29.5 Å². The van der Waals surface area contributed by atoms with Gasteiger partial charge in [-0.15, -0.1) is 0 Å². The second-order valence-electron chi connectivity index (χ2n) is 17.0. The van der Waals surface area contributed by atoms with E-state index in [1.807, 2.05) is 56.4 Å². The molecule has 4 fully saturated rings. The molecule has 1 spiro atoms. The first-order valence-electron chi connectivity index (χ1n) is 20.9. The molecule has 1 aliphatic carbocycles. The van der Waals surface area contributed by atoms with Gasteiger partial charge in [0.1, 0.15) is 35.7 Å². The fourth-order valence-electron chi connectivity index (χ4n) is 9.43. The molecular weight excluding hydrogens is 757 g/mol. The van der Waals surface area contributed by atoms with Crippen LogP contribution < -0.4 is 26.2 Å². The van der Waals surface area contributed by atoms with E-state index in [9.17, 15) is 38.7 Å². The van der Waals surface area contributed by atoms with Crippen LogP contribution in [-0.4, -0.2) is 137 Å². The van der Waals surface area contributed by atoms with Gasteiger partial charge in [0.15, 0.2) is 5.78 Å². The van der Waals surface area contributed by atoms with E-state index in [4.69, 9.17) is 0 Å². The van der Waals surface area contributed by atoms with Crippen LogP contribution >= 0.6 is 0 Å². The Balaban J connectivity index is 0.992. The highest BCUT2D eigenvalue weighted by molar-refractivity contribution is 6.09. The van der Waals surface area contributed by atoms with Crippen LogP contribution in [0.5, 0.6) is 0 Å². The molecule has 3 saturated heterocycles. The summed E-state index contributed by atoms with van der Waals surface area (Å²) in [5.74, 6) is -2.31. The normalized spacial score (nSPS) is 24.9. The molecule has 0 aromatic heterocycles. The predicted molar refractivity (Wildman–Crippen MR) is 218 cm³/mol. The van der Waals surface area contributed by atoms with Gasteiger partial charge in [0.25, 0.3) is 0 Å². The van der Waals surface area contributed by atoms with Crippen LogP contribution in [0.2, 0.25) is 0 Å². The lowest BCUT2D eigenvalue weighted by atomic mass is 9.99. The van der Waals surface area contributed by atoms with Gasteiger partial charge in [-0.3, -0.25) is 28.8 Å². The summed E-state index contributed by atoms with van der Waals surface area (Å²) in [4.78, 5) is 102. The summed E-state index contributed by atoms with van der Waals surface area (Å²) in [5, 5.41) is 21.5. The molecule has 0 bridgehead atoms. The van der Waals surface area contributed by atoms with Gasteiger partial charge < -0.3 is 46.0 Å². The lowest BCUT2D eigenvalue weighted by molar-refractivity contribution is -0.151. The van der Waals surface area contributed by atoms with E-state index >= 15 is 0 Å². The number of Topliss-reactive ketones (excluding diaryl/α,β-unsaturated/α-hetero) is 1. The van der Waals surface area contributed by atoms with E-state index in [0.29, 0.717) is 57.2 Å². The number of carbonyl (C=O) groups is 7. The number of urea groups is 1. The predicted octanol–water partition coefficient (Wildman–Crippen LogP) is 1.35. The molecule has 2 aromatic carbocycles. The number of nitrogens with zero attached hydrogens (tertiary/aromatic N) is 4. The highest BCUT2D eigenvalue weighted by atomic mass is 16.3. The number of likely N-dealkylation sites (N-methyl/N-ethyl adjacent to an activating group) is 1. The molecule has 316 valence electrons. The minimum atomic E-state index is -1.41. The molecule has 5 N–H and O–H groups in total. The summed E-state index contributed by atoms with van der Waals surface area (Å²) in [6.07, 6.45) is 4.46. The third-order valence-electron chi connectivity index (χ3n) is 12.6. The maximum Gasteiger partial charge on any atom is 0.319 e. The van der Waals surface area contributed by atoms with Gasteiger partial charge in [0.05, 0.1) is 6.61 Å². The highest BCUT2D eigenvalue weighted by Crippen LogP contribution is 2.48. The zero-order valence-corrected chi connectivity index (χ0v) is 34.1. The van der Waals surface area contributed by atoms with Crippen molar-refractivity contribution in [1.82, 2.24) is 30.7 Å². The lowest BCUT2D eigenvalue weighted by Gasteiger charge is -2.39. The van der Waals surface area contributed by atoms with E-state index < -0.39 is 72.0 Å². The van der Waals surface area contributed by atoms with Crippen LogP contribution in [0.4, 0.5) is 16.2 Å². The van der Waals surface area contributed by atoms with Crippen molar-refractivity contribution in [2.75, 3.05) is 50.1 Å². The number of hydrogen-bond donors (Lipinski definition) is 5. The van der Waals surface area contributed by atoms with Crippen molar-refractivity contribution in [1.29, 1.82) is 0 Å². The van der Waals surface area contributed by atoms with Gasteiger partial charge in [-0.2, -0.15) is 0 Å². The molecular formula is C43H56N8O8. The molecule has 0 unspecified atom stereocenters. The van der Waals surface area contributed by atoms with Crippen molar-refractivity contribution in [3.05, 3.63) is 59.7 Å². The summed E-state index contributed by atoms with van der Waals surface area (Å²) >= 11 is 0. The average Bonchev–Trinajstić information content (AvgIpc) is 3.59. The first-order chi connectivity index (χ1) is 28.3. The monoisotopic (exact) mass is 812 g/mol. The number of carbonyl (C=O) groups excluding carboxylic acids is 7. The zero-order valence-electron chi connectivity index (χ0n) is 34.1. The maximum atomic E-state index is 14.3. The van der Waals surface area contributed by atoms with Gasteiger partial charge in [0, 0.05) is 57.4 Å². The van der Waals surface area contributed by atoms with E-state index in [2.05, 4.69) is 26.2 Å². The van der Waals surface area contributed by atoms with Crippen molar-refractivity contribution < 1.29 is 38.7 Å². The van der Waals surface area contributed by atoms with Crippen molar-refractivity contribution in [3.8, 4) is 0 Å². The number of ketones is 1. The Hall–Kier alpha value is -5.51. The van der Waals surface area contributed by atoms with Crippen LogP contribution in [0.15, 0.2) is 48.5 Å². The topological polar surface area (TPSA) is 201 Å². The summed E-state index contributed by atoms with van der Waals surface area (Å²) in [6.45, 7) is 4.67. The van der Waals surface area contributed by atoms with Gasteiger partial charge >= 0.3 is 6.03 Å². The molecule has 1 saturated carbocycles. The van der Waals surface area contributed by atoms with Crippen LogP contribution in [-0.2, 0) is 41.6 Å². The standard InChI is InChI=1S/C43H56N8O8/c1-26-22-43(23-36(43)53)51(24-26)39(56)27(2)44-38(55)34-12-7-8-17-49(34)41(58)35-13-9-18-50(35)40(57)32(25-52)46-37(54)31(20-28-10-5-4-6-11-28)47-42(59)45-30-14-15-33-29(21-30)16-19-48(33)3/h4-6,10-11,14-15,21,26-27,31-32,34-35,52H,7-9,12-13,16-20,22-25H2,1-3H3,(H,44,55)(H,46,54)(H2,45,47,59)/t26-,27+,31+,32+,34+,35+,43-/m1/s1. The van der Waals surface area contributed by atoms with Crippen LogP contribution in [0.1, 0.15) is 69.9 Å². The third-order valence-corrected chi connectivity index (χ3v) is 12.6. The number of hydrogen-bond acceptors (Lipinski definition) is 9. The van der Waals surface area contributed by atoms with Crippen LogP contribution in [0, 0.1) is 5.92 Å². The zero-order chi connectivity index (χ0) is 42.0. The van der Waals surface area contributed by atoms with Gasteiger partial charge in [-0.1, -0.05) is 37.3 Å². The molecule has 7 atom stereocenters. The minimum Gasteiger partial charge on any atom is -0.394 e. The number of nitrogens with one attached hydrogen (secondary N) is 4. The second-order valence-corrected chi connectivity index (χ2v) is 17.0. The summed E-state index contributed by atoms with van der Waals surface area (Å²) < 4.78 is 0. The number of likely N-dealkylation sites (tertiary alicyclic amines) is 3. The van der Waals surface area contributed by atoms with E-state index in [1.54, 1.807) is 17.9 Å². The number of rotatable bonds is 12.